The predicted molar refractivity (Wildman–Crippen MR) is 108 cm³/mol. The Balaban J connectivity index is 1.74. The van der Waals surface area contributed by atoms with Gasteiger partial charge in [0.1, 0.15) is 30.4 Å². The number of aromatic nitrogens is 3. The monoisotopic (exact) mass is 392 g/mol. The van der Waals surface area contributed by atoms with E-state index in [-0.39, 0.29) is 11.9 Å². The van der Waals surface area contributed by atoms with Crippen molar-refractivity contribution in [3.63, 3.8) is 0 Å². The van der Waals surface area contributed by atoms with Crippen molar-refractivity contribution < 1.29 is 14.3 Å². The van der Waals surface area contributed by atoms with Gasteiger partial charge in [-0.05, 0) is 32.0 Å². The molecule has 1 aliphatic rings. The molecule has 0 atom stereocenters. The highest BCUT2D eigenvalue weighted by Crippen LogP contribution is 2.26. The molecule has 0 saturated carbocycles. The van der Waals surface area contributed by atoms with E-state index in [1.165, 1.54) is 0 Å². The van der Waals surface area contributed by atoms with Crippen LogP contribution < -0.4 is 9.47 Å². The number of fused-ring (bicyclic) bond motifs is 4. The van der Waals surface area contributed by atoms with Crippen LogP contribution in [0.25, 0.3) is 0 Å². The van der Waals surface area contributed by atoms with Crippen molar-refractivity contribution in [1.29, 1.82) is 0 Å². The van der Waals surface area contributed by atoms with Crippen LogP contribution in [0.2, 0.25) is 0 Å². The highest BCUT2D eigenvalue weighted by atomic mass is 16.5. The van der Waals surface area contributed by atoms with Crippen LogP contribution in [0.5, 0.6) is 11.5 Å². The number of nitrogens with zero attached hydrogens (tertiary/aromatic N) is 4. The molecule has 2 aromatic carbocycles. The second kappa shape index (κ2) is 8.34. The van der Waals surface area contributed by atoms with Crippen LogP contribution in [0, 0.1) is 0 Å². The molecule has 7 nitrogen and oxygen atoms in total. The van der Waals surface area contributed by atoms with Gasteiger partial charge < -0.3 is 14.4 Å². The summed E-state index contributed by atoms with van der Waals surface area (Å²) in [5.74, 6) is 1.24. The quantitative estimate of drug-likeness (QED) is 0.636. The van der Waals surface area contributed by atoms with Crippen LogP contribution in [0.3, 0.4) is 0 Å². The number of ether oxygens (including phenoxy) is 2. The minimum atomic E-state index is -0.0669. The number of amides is 1. The average molecular weight is 392 g/mol. The van der Waals surface area contributed by atoms with Crippen molar-refractivity contribution in [2.24, 2.45) is 0 Å². The van der Waals surface area contributed by atoms with E-state index in [4.69, 9.17) is 9.47 Å². The Bertz CT molecular complexity index is 999. The summed E-state index contributed by atoms with van der Waals surface area (Å²) in [5, 5.41) is 8.29. The van der Waals surface area contributed by atoms with Crippen molar-refractivity contribution in [3.05, 3.63) is 71.5 Å². The van der Waals surface area contributed by atoms with Crippen LogP contribution in [-0.2, 0) is 19.7 Å². The van der Waals surface area contributed by atoms with E-state index in [9.17, 15) is 4.79 Å². The molecule has 0 radical (unpaired) electrons. The fourth-order valence-electron chi connectivity index (χ4n) is 3.29. The summed E-state index contributed by atoms with van der Waals surface area (Å²) in [6, 6.07) is 15.1. The van der Waals surface area contributed by atoms with Gasteiger partial charge in [-0.1, -0.05) is 35.5 Å². The number of benzene rings is 2. The molecule has 0 saturated heterocycles. The summed E-state index contributed by atoms with van der Waals surface area (Å²) in [7, 11) is 0. The first-order chi connectivity index (χ1) is 14.1. The molecule has 1 amide bonds. The van der Waals surface area contributed by atoms with Gasteiger partial charge in [-0.2, -0.15) is 0 Å². The molecular weight excluding hydrogens is 368 g/mol. The Hall–Kier alpha value is -3.35. The highest BCUT2D eigenvalue weighted by Gasteiger charge is 2.23. The third kappa shape index (κ3) is 4.23. The predicted octanol–water partition coefficient (Wildman–Crippen LogP) is 3.30. The van der Waals surface area contributed by atoms with Gasteiger partial charge >= 0.3 is 0 Å². The van der Waals surface area contributed by atoms with Crippen molar-refractivity contribution in [1.82, 2.24) is 19.9 Å². The SMILES string of the molecule is CC(C)N1Cc2ccccc2OCc2cn(nn2)CCOc2ccccc2C1=O. The topological polar surface area (TPSA) is 69.5 Å². The van der Waals surface area contributed by atoms with Gasteiger partial charge in [-0.15, -0.1) is 5.10 Å². The van der Waals surface area contributed by atoms with Crippen LogP contribution in [0.1, 0.15) is 35.5 Å². The standard InChI is InChI=1S/C22H24N4O3/c1-16(2)26-13-17-7-3-5-9-20(17)29-15-18-14-25(24-23-18)11-12-28-21-10-6-4-8-19(21)22(26)27/h3-10,14,16H,11-13,15H2,1-2H3. The Morgan fingerprint density at radius 3 is 2.59 bits per heavy atom. The van der Waals surface area contributed by atoms with E-state index in [0.717, 1.165) is 17.0 Å². The molecule has 2 heterocycles. The number of hydrogen-bond donors (Lipinski definition) is 0. The maximum atomic E-state index is 13.4. The molecule has 7 heteroatoms. The highest BCUT2D eigenvalue weighted by molar-refractivity contribution is 5.97. The molecule has 2 bridgehead atoms. The van der Waals surface area contributed by atoms with E-state index in [1.54, 1.807) is 10.7 Å². The Morgan fingerprint density at radius 1 is 1.00 bits per heavy atom. The van der Waals surface area contributed by atoms with E-state index in [0.29, 0.717) is 37.6 Å². The number of carbonyl (C=O) groups excluding carboxylic acids is 1. The molecule has 0 N–H and O–H groups in total. The lowest BCUT2D eigenvalue weighted by Gasteiger charge is -2.28. The Kier molecular flexibility index (Phi) is 5.46. The third-order valence-electron chi connectivity index (χ3n) is 4.85. The maximum Gasteiger partial charge on any atom is 0.258 e. The van der Waals surface area contributed by atoms with Gasteiger partial charge in [0.15, 0.2) is 0 Å². The zero-order valence-corrected chi connectivity index (χ0v) is 16.6. The molecule has 0 fully saturated rings. The van der Waals surface area contributed by atoms with Crippen molar-refractivity contribution in [2.45, 2.75) is 39.6 Å². The van der Waals surface area contributed by atoms with E-state index < -0.39 is 0 Å². The summed E-state index contributed by atoms with van der Waals surface area (Å²) in [4.78, 5) is 15.2. The number of carbonyl (C=O) groups is 1. The zero-order valence-electron chi connectivity index (χ0n) is 16.6. The fourth-order valence-corrected chi connectivity index (χ4v) is 3.29. The molecule has 0 spiro atoms. The second-order valence-corrected chi connectivity index (χ2v) is 7.24. The lowest BCUT2D eigenvalue weighted by Crippen LogP contribution is -2.36. The van der Waals surface area contributed by atoms with Crippen LogP contribution in [0.4, 0.5) is 0 Å². The van der Waals surface area contributed by atoms with Crippen molar-refractivity contribution in [3.8, 4) is 11.5 Å². The first-order valence-corrected chi connectivity index (χ1v) is 9.74. The second-order valence-electron chi connectivity index (χ2n) is 7.24. The van der Waals surface area contributed by atoms with Crippen LogP contribution in [-0.4, -0.2) is 38.4 Å². The molecule has 0 unspecified atom stereocenters. The molecule has 3 aromatic rings. The zero-order chi connectivity index (χ0) is 20.2. The summed E-state index contributed by atoms with van der Waals surface area (Å²) in [5.41, 5.74) is 2.23. The first kappa shape index (κ1) is 19.0. The van der Waals surface area contributed by atoms with E-state index >= 15 is 0 Å². The number of hydrogen-bond acceptors (Lipinski definition) is 5. The fraction of sp³-hybridized carbons (Fsp3) is 0.318. The summed E-state index contributed by atoms with van der Waals surface area (Å²) >= 11 is 0. The van der Waals surface area contributed by atoms with Gasteiger partial charge in [0.05, 0.1) is 18.3 Å². The van der Waals surface area contributed by atoms with Gasteiger partial charge in [-0.3, -0.25) is 4.79 Å². The van der Waals surface area contributed by atoms with Gasteiger partial charge in [0, 0.05) is 18.2 Å². The number of para-hydroxylation sites is 2. The van der Waals surface area contributed by atoms with Gasteiger partial charge in [0.2, 0.25) is 0 Å². The normalized spacial score (nSPS) is 14.9. The third-order valence-corrected chi connectivity index (χ3v) is 4.85. The largest absolute Gasteiger partial charge is 0.491 e. The lowest BCUT2D eigenvalue weighted by molar-refractivity contribution is 0.0683. The summed E-state index contributed by atoms with van der Waals surface area (Å²) in [6.07, 6.45) is 1.85. The van der Waals surface area contributed by atoms with Crippen LogP contribution in [0.15, 0.2) is 54.7 Å². The number of rotatable bonds is 1. The molecule has 1 aliphatic heterocycles. The van der Waals surface area contributed by atoms with Gasteiger partial charge in [-0.25, -0.2) is 4.68 Å². The minimum absolute atomic E-state index is 0.0120. The van der Waals surface area contributed by atoms with Crippen LogP contribution >= 0.6 is 0 Å². The molecule has 150 valence electrons. The van der Waals surface area contributed by atoms with Crippen molar-refractivity contribution >= 4 is 5.91 Å². The Morgan fingerprint density at radius 2 is 1.76 bits per heavy atom. The van der Waals surface area contributed by atoms with E-state index in [2.05, 4.69) is 10.3 Å². The average Bonchev–Trinajstić information content (AvgIpc) is 3.18. The Labute approximate surface area is 169 Å². The molecular formula is C22H24N4O3. The molecule has 1 aromatic heterocycles. The van der Waals surface area contributed by atoms with Crippen molar-refractivity contribution in [2.75, 3.05) is 6.61 Å². The molecule has 29 heavy (non-hydrogen) atoms. The molecule has 0 aliphatic carbocycles. The summed E-state index contributed by atoms with van der Waals surface area (Å²) in [6.45, 7) is 5.68. The van der Waals surface area contributed by atoms with E-state index in [1.807, 2.05) is 67.4 Å². The maximum absolute atomic E-state index is 13.4. The smallest absolute Gasteiger partial charge is 0.258 e. The van der Waals surface area contributed by atoms with Gasteiger partial charge in [0.25, 0.3) is 5.91 Å². The first-order valence-electron chi connectivity index (χ1n) is 9.74. The minimum Gasteiger partial charge on any atom is -0.491 e. The lowest BCUT2D eigenvalue weighted by atomic mass is 10.1. The summed E-state index contributed by atoms with van der Waals surface area (Å²) < 4.78 is 13.7. The molecule has 4 rings (SSSR count).